The SMILES string of the molecule is CCCCc1cc(OCc2ccccc2)c(C(C)=O)c2ncnn12. The van der Waals surface area contributed by atoms with E-state index < -0.39 is 0 Å². The molecule has 2 heterocycles. The molecule has 0 atom stereocenters. The van der Waals surface area contributed by atoms with Gasteiger partial charge in [-0.05, 0) is 25.3 Å². The van der Waals surface area contributed by atoms with E-state index in [9.17, 15) is 4.79 Å². The van der Waals surface area contributed by atoms with Crippen molar-refractivity contribution >= 4 is 11.4 Å². The van der Waals surface area contributed by atoms with Gasteiger partial charge in [0, 0.05) is 11.8 Å². The molecule has 5 heteroatoms. The lowest BCUT2D eigenvalue weighted by Crippen LogP contribution is -2.09. The van der Waals surface area contributed by atoms with Crippen molar-refractivity contribution in [1.29, 1.82) is 0 Å². The van der Waals surface area contributed by atoms with Crippen LogP contribution in [0.25, 0.3) is 5.65 Å². The Hall–Kier alpha value is -2.69. The number of nitrogens with zero attached hydrogens (tertiary/aromatic N) is 3. The predicted molar refractivity (Wildman–Crippen MR) is 92.4 cm³/mol. The summed E-state index contributed by atoms with van der Waals surface area (Å²) in [5, 5.41) is 4.27. The van der Waals surface area contributed by atoms with Crippen LogP contribution < -0.4 is 4.74 Å². The Morgan fingerprint density at radius 1 is 1.25 bits per heavy atom. The number of ketones is 1. The number of carbonyl (C=O) groups is 1. The Labute approximate surface area is 141 Å². The van der Waals surface area contributed by atoms with E-state index in [1.807, 2.05) is 36.4 Å². The van der Waals surface area contributed by atoms with E-state index in [-0.39, 0.29) is 5.78 Å². The summed E-state index contributed by atoms with van der Waals surface area (Å²) in [7, 11) is 0. The number of pyridine rings is 1. The summed E-state index contributed by atoms with van der Waals surface area (Å²) >= 11 is 0. The molecule has 3 aromatic rings. The first-order valence-corrected chi connectivity index (χ1v) is 8.24. The maximum Gasteiger partial charge on any atom is 0.170 e. The van der Waals surface area contributed by atoms with Crippen LogP contribution in [0.4, 0.5) is 0 Å². The zero-order chi connectivity index (χ0) is 16.9. The van der Waals surface area contributed by atoms with E-state index in [0.29, 0.717) is 23.6 Å². The summed E-state index contributed by atoms with van der Waals surface area (Å²) in [6.07, 6.45) is 4.49. The minimum atomic E-state index is -0.0712. The van der Waals surface area contributed by atoms with Crippen LogP contribution >= 0.6 is 0 Å². The number of ether oxygens (including phenoxy) is 1. The molecule has 0 saturated heterocycles. The molecule has 0 spiro atoms. The Bertz CT molecular complexity index is 840. The van der Waals surface area contributed by atoms with E-state index in [1.54, 1.807) is 4.52 Å². The van der Waals surface area contributed by atoms with Crippen LogP contribution in [0.2, 0.25) is 0 Å². The average Bonchev–Trinajstić information content (AvgIpc) is 3.07. The summed E-state index contributed by atoms with van der Waals surface area (Å²) in [6, 6.07) is 11.8. The predicted octanol–water partition coefficient (Wildman–Crippen LogP) is 3.85. The Balaban J connectivity index is 2.00. The lowest BCUT2D eigenvalue weighted by Gasteiger charge is -2.14. The van der Waals surface area contributed by atoms with E-state index >= 15 is 0 Å². The standard InChI is InChI=1S/C19H21N3O2/c1-3-4-10-16-11-17(24-12-15-8-6-5-7-9-15)18(14(2)23)19-20-13-21-22(16)19/h5-9,11,13H,3-4,10,12H2,1-2H3. The van der Waals surface area contributed by atoms with Crippen LogP contribution in [0.3, 0.4) is 0 Å². The fourth-order valence-electron chi connectivity index (χ4n) is 2.73. The molecule has 124 valence electrons. The topological polar surface area (TPSA) is 56.5 Å². The number of aromatic nitrogens is 3. The zero-order valence-corrected chi connectivity index (χ0v) is 14.0. The third-order valence-electron chi connectivity index (χ3n) is 3.96. The van der Waals surface area contributed by atoms with Crippen LogP contribution in [0, 0.1) is 0 Å². The molecule has 3 rings (SSSR count). The van der Waals surface area contributed by atoms with Gasteiger partial charge in [-0.1, -0.05) is 43.7 Å². The third-order valence-corrected chi connectivity index (χ3v) is 3.96. The maximum absolute atomic E-state index is 12.2. The van der Waals surface area contributed by atoms with Crippen molar-refractivity contribution in [3.05, 3.63) is 59.5 Å². The Morgan fingerprint density at radius 2 is 2.04 bits per heavy atom. The molecule has 1 aromatic carbocycles. The molecule has 0 aliphatic heterocycles. The van der Waals surface area contributed by atoms with Crippen molar-refractivity contribution in [2.75, 3.05) is 0 Å². The second-order valence-corrected chi connectivity index (χ2v) is 5.80. The van der Waals surface area contributed by atoms with E-state index in [1.165, 1.54) is 13.3 Å². The van der Waals surface area contributed by atoms with Crippen molar-refractivity contribution in [2.24, 2.45) is 0 Å². The first kappa shape index (κ1) is 16.2. The van der Waals surface area contributed by atoms with Crippen LogP contribution in [0.1, 0.15) is 48.3 Å². The van der Waals surface area contributed by atoms with E-state index in [0.717, 1.165) is 30.5 Å². The third kappa shape index (κ3) is 3.30. The van der Waals surface area contributed by atoms with Crippen LogP contribution in [0.5, 0.6) is 5.75 Å². The zero-order valence-electron chi connectivity index (χ0n) is 14.0. The van der Waals surface area contributed by atoms with Crippen molar-refractivity contribution < 1.29 is 9.53 Å². The van der Waals surface area contributed by atoms with Crippen molar-refractivity contribution in [1.82, 2.24) is 14.6 Å². The van der Waals surface area contributed by atoms with E-state index in [4.69, 9.17) is 4.74 Å². The molecule has 24 heavy (non-hydrogen) atoms. The maximum atomic E-state index is 12.2. The number of unbranched alkanes of at least 4 members (excludes halogenated alkanes) is 1. The molecule has 0 radical (unpaired) electrons. The molecule has 2 aromatic heterocycles. The molecule has 0 bridgehead atoms. The molecule has 5 nitrogen and oxygen atoms in total. The lowest BCUT2D eigenvalue weighted by molar-refractivity contribution is 0.101. The molecule has 0 aliphatic rings. The van der Waals surface area contributed by atoms with Gasteiger partial charge in [-0.25, -0.2) is 9.50 Å². The monoisotopic (exact) mass is 323 g/mol. The minimum absolute atomic E-state index is 0.0712. The quantitative estimate of drug-likeness (QED) is 0.620. The van der Waals surface area contributed by atoms with Gasteiger partial charge in [-0.2, -0.15) is 5.10 Å². The fraction of sp³-hybridized carbons (Fsp3) is 0.316. The second-order valence-electron chi connectivity index (χ2n) is 5.80. The van der Waals surface area contributed by atoms with Gasteiger partial charge in [0.05, 0.1) is 0 Å². The van der Waals surface area contributed by atoms with Gasteiger partial charge in [-0.15, -0.1) is 0 Å². The smallest absolute Gasteiger partial charge is 0.170 e. The molecule has 0 saturated carbocycles. The fourth-order valence-corrected chi connectivity index (χ4v) is 2.73. The Kier molecular flexibility index (Phi) is 4.89. The minimum Gasteiger partial charge on any atom is -0.488 e. The van der Waals surface area contributed by atoms with Gasteiger partial charge >= 0.3 is 0 Å². The van der Waals surface area contributed by atoms with Gasteiger partial charge < -0.3 is 4.74 Å². The van der Waals surface area contributed by atoms with Gasteiger partial charge in [0.1, 0.15) is 24.2 Å². The van der Waals surface area contributed by atoms with Gasteiger partial charge in [0.25, 0.3) is 0 Å². The van der Waals surface area contributed by atoms with Crippen molar-refractivity contribution in [3.8, 4) is 5.75 Å². The summed E-state index contributed by atoms with van der Waals surface area (Å²) in [5.41, 5.74) is 3.13. The highest BCUT2D eigenvalue weighted by atomic mass is 16.5. The average molecular weight is 323 g/mol. The molecule has 0 unspecified atom stereocenters. The van der Waals surface area contributed by atoms with Crippen LogP contribution in [-0.2, 0) is 13.0 Å². The number of hydrogen-bond donors (Lipinski definition) is 0. The number of fused-ring (bicyclic) bond motifs is 1. The summed E-state index contributed by atoms with van der Waals surface area (Å²) in [6.45, 7) is 4.10. The molecular formula is C19H21N3O2. The largest absolute Gasteiger partial charge is 0.488 e. The highest BCUT2D eigenvalue weighted by Gasteiger charge is 2.19. The highest BCUT2D eigenvalue weighted by Crippen LogP contribution is 2.26. The molecule has 0 N–H and O–H groups in total. The summed E-state index contributed by atoms with van der Waals surface area (Å²) in [5.74, 6) is 0.510. The van der Waals surface area contributed by atoms with Crippen molar-refractivity contribution in [2.45, 2.75) is 39.7 Å². The second kappa shape index (κ2) is 7.25. The number of hydrogen-bond acceptors (Lipinski definition) is 4. The number of aryl methyl sites for hydroxylation is 1. The normalized spacial score (nSPS) is 10.9. The lowest BCUT2D eigenvalue weighted by atomic mass is 10.1. The van der Waals surface area contributed by atoms with Crippen LogP contribution in [0.15, 0.2) is 42.7 Å². The van der Waals surface area contributed by atoms with Crippen molar-refractivity contribution in [3.63, 3.8) is 0 Å². The summed E-state index contributed by atoms with van der Waals surface area (Å²) in [4.78, 5) is 16.4. The van der Waals surface area contributed by atoms with Gasteiger partial charge in [0.2, 0.25) is 0 Å². The number of benzene rings is 1. The molecule has 0 fully saturated rings. The first-order chi connectivity index (χ1) is 11.7. The first-order valence-electron chi connectivity index (χ1n) is 8.24. The number of carbonyl (C=O) groups excluding carboxylic acids is 1. The number of rotatable bonds is 7. The molecule has 0 aliphatic carbocycles. The molecular weight excluding hydrogens is 302 g/mol. The van der Waals surface area contributed by atoms with Gasteiger partial charge in [0.15, 0.2) is 11.4 Å². The van der Waals surface area contributed by atoms with Gasteiger partial charge in [-0.3, -0.25) is 4.79 Å². The molecule has 0 amide bonds. The number of Topliss-reactive ketones (excluding diaryl/α,β-unsaturated/α-hetero) is 1. The highest BCUT2D eigenvalue weighted by molar-refractivity contribution is 6.02. The van der Waals surface area contributed by atoms with Crippen LogP contribution in [-0.4, -0.2) is 20.4 Å². The summed E-state index contributed by atoms with van der Waals surface area (Å²) < 4.78 is 7.73. The van der Waals surface area contributed by atoms with E-state index in [2.05, 4.69) is 17.0 Å². The Morgan fingerprint density at radius 3 is 2.75 bits per heavy atom.